The highest BCUT2D eigenvalue weighted by Gasteiger charge is 2.04. The Labute approximate surface area is 77.6 Å². The minimum absolute atomic E-state index is 1.06. The molecule has 2 aromatic rings. The van der Waals surface area contributed by atoms with Crippen LogP contribution in [0.5, 0.6) is 0 Å². The number of anilines is 1. The first kappa shape index (κ1) is 8.10. The maximum atomic E-state index is 4.41. The van der Waals surface area contributed by atoms with E-state index in [4.69, 9.17) is 0 Å². The van der Waals surface area contributed by atoms with E-state index in [0.717, 1.165) is 11.2 Å². The number of nitrogens with zero attached hydrogens (tertiary/aromatic N) is 3. The normalized spacial score (nSPS) is 10.7. The van der Waals surface area contributed by atoms with Crippen LogP contribution >= 0.6 is 0 Å². The lowest BCUT2D eigenvalue weighted by atomic mass is 10.2. The van der Waals surface area contributed by atoms with Crippen LogP contribution in [0.25, 0.3) is 10.9 Å². The average Bonchev–Trinajstić information content (AvgIpc) is 2.43. The molecule has 0 aliphatic heterocycles. The van der Waals surface area contributed by atoms with Crippen molar-refractivity contribution in [1.29, 1.82) is 0 Å². The van der Waals surface area contributed by atoms with Gasteiger partial charge in [0.2, 0.25) is 0 Å². The van der Waals surface area contributed by atoms with Crippen LogP contribution in [0.2, 0.25) is 0 Å². The Morgan fingerprint density at radius 2 is 2.08 bits per heavy atom. The molecule has 0 spiro atoms. The van der Waals surface area contributed by atoms with Gasteiger partial charge in [-0.25, -0.2) is 0 Å². The Kier molecular flexibility index (Phi) is 1.72. The summed E-state index contributed by atoms with van der Waals surface area (Å²) in [6.45, 7) is 0. The molecular formula is C10H13N3. The number of rotatable bonds is 1. The van der Waals surface area contributed by atoms with Gasteiger partial charge in [-0.05, 0) is 6.07 Å². The maximum absolute atomic E-state index is 4.41. The van der Waals surface area contributed by atoms with Crippen molar-refractivity contribution < 1.29 is 0 Å². The lowest BCUT2D eigenvalue weighted by Gasteiger charge is -2.11. The molecule has 0 radical (unpaired) electrons. The lowest BCUT2D eigenvalue weighted by Crippen LogP contribution is -2.08. The Morgan fingerprint density at radius 1 is 1.31 bits per heavy atom. The van der Waals surface area contributed by atoms with E-state index in [1.54, 1.807) is 0 Å². The van der Waals surface area contributed by atoms with Crippen molar-refractivity contribution in [3.8, 4) is 0 Å². The van der Waals surface area contributed by atoms with Crippen molar-refractivity contribution in [3.63, 3.8) is 0 Å². The van der Waals surface area contributed by atoms with Crippen LogP contribution in [0.3, 0.4) is 0 Å². The van der Waals surface area contributed by atoms with E-state index in [-0.39, 0.29) is 0 Å². The second-order valence-electron chi connectivity index (χ2n) is 3.41. The molecule has 2 rings (SSSR count). The van der Waals surface area contributed by atoms with E-state index in [1.807, 2.05) is 32.0 Å². The third kappa shape index (κ3) is 1.26. The Morgan fingerprint density at radius 3 is 2.77 bits per heavy atom. The molecule has 13 heavy (non-hydrogen) atoms. The quantitative estimate of drug-likeness (QED) is 0.657. The summed E-state index contributed by atoms with van der Waals surface area (Å²) in [4.78, 5) is 2.08. The van der Waals surface area contributed by atoms with E-state index in [0.29, 0.717) is 0 Å². The van der Waals surface area contributed by atoms with Crippen molar-refractivity contribution >= 4 is 16.6 Å². The summed E-state index contributed by atoms with van der Waals surface area (Å²) < 4.78 is 1.84. The number of hydrogen-bond donors (Lipinski definition) is 0. The zero-order chi connectivity index (χ0) is 9.42. The van der Waals surface area contributed by atoms with Gasteiger partial charge in [-0.2, -0.15) is 5.10 Å². The first-order chi connectivity index (χ1) is 6.18. The van der Waals surface area contributed by atoms with E-state index >= 15 is 0 Å². The molecule has 0 aliphatic carbocycles. The van der Waals surface area contributed by atoms with Crippen molar-refractivity contribution in [1.82, 2.24) is 9.78 Å². The largest absolute Gasteiger partial charge is 0.376 e. The predicted molar refractivity (Wildman–Crippen MR) is 55.0 cm³/mol. The predicted octanol–water partition coefficient (Wildman–Crippen LogP) is 1.64. The summed E-state index contributed by atoms with van der Waals surface area (Å²) in [6.07, 6.45) is 2.03. The molecule has 0 N–H and O–H groups in total. The van der Waals surface area contributed by atoms with Crippen molar-refractivity contribution in [3.05, 3.63) is 24.4 Å². The van der Waals surface area contributed by atoms with Crippen LogP contribution in [0.15, 0.2) is 24.4 Å². The average molecular weight is 175 g/mol. The van der Waals surface area contributed by atoms with Gasteiger partial charge in [-0.1, -0.05) is 12.1 Å². The zero-order valence-electron chi connectivity index (χ0n) is 8.15. The highest BCUT2D eigenvalue weighted by molar-refractivity contribution is 5.90. The van der Waals surface area contributed by atoms with Gasteiger partial charge in [0.1, 0.15) is 5.52 Å². The van der Waals surface area contributed by atoms with Crippen molar-refractivity contribution in [2.24, 2.45) is 7.05 Å². The molecule has 1 heterocycles. The molecule has 68 valence electrons. The number of aryl methyl sites for hydroxylation is 1. The molecule has 3 nitrogen and oxygen atoms in total. The fourth-order valence-corrected chi connectivity index (χ4v) is 1.51. The highest BCUT2D eigenvalue weighted by atomic mass is 15.3. The highest BCUT2D eigenvalue weighted by Crippen LogP contribution is 2.22. The van der Waals surface area contributed by atoms with Crippen LogP contribution in [0, 0.1) is 0 Å². The van der Waals surface area contributed by atoms with Gasteiger partial charge in [0.05, 0.1) is 5.69 Å². The van der Waals surface area contributed by atoms with E-state index in [9.17, 15) is 0 Å². The molecule has 0 unspecified atom stereocenters. The summed E-state index contributed by atoms with van der Waals surface area (Å²) in [5.74, 6) is 0. The Balaban J connectivity index is 2.75. The minimum atomic E-state index is 1.06. The van der Waals surface area contributed by atoms with Gasteiger partial charge in [-0.3, -0.25) is 4.68 Å². The molecule has 0 amide bonds. The molecule has 3 heteroatoms. The summed E-state index contributed by atoms with van der Waals surface area (Å²) in [5.41, 5.74) is 2.23. The summed E-state index contributed by atoms with van der Waals surface area (Å²) >= 11 is 0. The summed E-state index contributed by atoms with van der Waals surface area (Å²) in [7, 11) is 6.01. The van der Waals surface area contributed by atoms with Gasteiger partial charge in [0, 0.05) is 32.7 Å². The van der Waals surface area contributed by atoms with Crippen LogP contribution in [-0.2, 0) is 7.05 Å². The minimum Gasteiger partial charge on any atom is -0.376 e. The third-order valence-electron chi connectivity index (χ3n) is 2.11. The molecule has 0 aliphatic rings. The lowest BCUT2D eigenvalue weighted by molar-refractivity contribution is 0.779. The van der Waals surface area contributed by atoms with Gasteiger partial charge in [0.25, 0.3) is 0 Å². The SMILES string of the molecule is CN(C)c1cccc2cn(C)nc12. The van der Waals surface area contributed by atoms with Crippen molar-refractivity contribution in [2.75, 3.05) is 19.0 Å². The molecular weight excluding hydrogens is 162 g/mol. The van der Waals surface area contributed by atoms with E-state index in [2.05, 4.69) is 28.2 Å². The molecule has 0 atom stereocenters. The number of fused-ring (bicyclic) bond motifs is 1. The zero-order valence-corrected chi connectivity index (χ0v) is 8.15. The third-order valence-corrected chi connectivity index (χ3v) is 2.11. The number of aromatic nitrogens is 2. The van der Waals surface area contributed by atoms with Crippen LogP contribution in [0.1, 0.15) is 0 Å². The van der Waals surface area contributed by atoms with E-state index < -0.39 is 0 Å². The second-order valence-corrected chi connectivity index (χ2v) is 3.41. The van der Waals surface area contributed by atoms with Gasteiger partial charge >= 0.3 is 0 Å². The standard InChI is InChI=1S/C10H13N3/c1-12(2)9-6-4-5-8-7-13(3)11-10(8)9/h4-7H,1-3H3. The fraction of sp³-hybridized carbons (Fsp3) is 0.300. The van der Waals surface area contributed by atoms with Gasteiger partial charge in [0.15, 0.2) is 0 Å². The number of hydrogen-bond acceptors (Lipinski definition) is 2. The molecule has 1 aromatic carbocycles. The summed E-state index contributed by atoms with van der Waals surface area (Å²) in [5, 5.41) is 5.60. The van der Waals surface area contributed by atoms with Gasteiger partial charge < -0.3 is 4.90 Å². The fourth-order valence-electron chi connectivity index (χ4n) is 1.51. The molecule has 0 saturated heterocycles. The van der Waals surface area contributed by atoms with Crippen molar-refractivity contribution in [2.45, 2.75) is 0 Å². The first-order valence-corrected chi connectivity index (χ1v) is 4.28. The smallest absolute Gasteiger partial charge is 0.116 e. The van der Waals surface area contributed by atoms with Crippen LogP contribution in [0.4, 0.5) is 5.69 Å². The van der Waals surface area contributed by atoms with Crippen LogP contribution < -0.4 is 4.90 Å². The number of benzene rings is 1. The molecule has 0 saturated carbocycles. The molecule has 1 aromatic heterocycles. The molecule has 0 fully saturated rings. The Bertz CT molecular complexity index is 429. The maximum Gasteiger partial charge on any atom is 0.116 e. The van der Waals surface area contributed by atoms with E-state index in [1.165, 1.54) is 5.39 Å². The van der Waals surface area contributed by atoms with Gasteiger partial charge in [-0.15, -0.1) is 0 Å². The molecule has 0 bridgehead atoms. The Hall–Kier alpha value is -1.51. The topological polar surface area (TPSA) is 21.1 Å². The van der Waals surface area contributed by atoms with Crippen LogP contribution in [-0.4, -0.2) is 23.9 Å². The monoisotopic (exact) mass is 175 g/mol. The summed E-state index contributed by atoms with van der Waals surface area (Å²) in [6, 6.07) is 6.21. The second kappa shape index (κ2) is 2.76. The first-order valence-electron chi connectivity index (χ1n) is 4.28.